The van der Waals surface area contributed by atoms with Crippen LogP contribution in [-0.4, -0.2) is 21.0 Å². The molecule has 0 aliphatic heterocycles. The number of carbonyl (C=O) groups excluding carboxylic acids is 1. The van der Waals surface area contributed by atoms with Crippen LogP contribution in [0.2, 0.25) is 0 Å². The van der Waals surface area contributed by atoms with Crippen LogP contribution < -0.4 is 5.32 Å². The Bertz CT molecular complexity index is 772. The third-order valence-corrected chi connectivity index (χ3v) is 2.91. The van der Waals surface area contributed by atoms with E-state index in [1.165, 1.54) is 12.1 Å². The van der Waals surface area contributed by atoms with E-state index in [-0.39, 0.29) is 18.3 Å². The zero-order chi connectivity index (χ0) is 15.4. The summed E-state index contributed by atoms with van der Waals surface area (Å²) in [6.07, 6.45) is 3.20. The minimum atomic E-state index is -0.494. The monoisotopic (exact) mass is 298 g/mol. The number of nitrogens with one attached hydrogen (secondary N) is 1. The minimum absolute atomic E-state index is 0.138. The van der Waals surface area contributed by atoms with E-state index >= 15 is 0 Å². The van der Waals surface area contributed by atoms with Crippen molar-refractivity contribution in [3.63, 3.8) is 0 Å². The highest BCUT2D eigenvalue weighted by Crippen LogP contribution is 2.13. The quantitative estimate of drug-likeness (QED) is 0.798. The number of benzene rings is 1. The summed E-state index contributed by atoms with van der Waals surface area (Å²) in [5.41, 5.74) is 1.42. The standard InChI is InChI=1S/C15H11FN4O2/c16-12-5-3-10(4-6-12)8-18-14(21)15-19-13(20-22-15)11-2-1-7-17-9-11/h1-7,9H,8H2,(H,18,21). The van der Waals surface area contributed by atoms with Gasteiger partial charge in [-0.1, -0.05) is 17.3 Å². The Morgan fingerprint density at radius 1 is 1.23 bits per heavy atom. The van der Waals surface area contributed by atoms with E-state index in [0.29, 0.717) is 11.4 Å². The average Bonchev–Trinajstić information content (AvgIpc) is 3.05. The van der Waals surface area contributed by atoms with Gasteiger partial charge in [0, 0.05) is 24.5 Å². The van der Waals surface area contributed by atoms with Gasteiger partial charge in [-0.3, -0.25) is 9.78 Å². The van der Waals surface area contributed by atoms with Crippen molar-refractivity contribution in [3.8, 4) is 11.4 Å². The first kappa shape index (κ1) is 13.9. The number of pyridine rings is 1. The molecule has 2 aromatic heterocycles. The molecule has 0 fully saturated rings. The fourth-order valence-corrected chi connectivity index (χ4v) is 1.79. The van der Waals surface area contributed by atoms with Crippen LogP contribution in [0.1, 0.15) is 16.2 Å². The molecular formula is C15H11FN4O2. The molecule has 1 aromatic carbocycles. The molecule has 2 heterocycles. The molecule has 3 rings (SSSR count). The molecule has 0 unspecified atom stereocenters. The summed E-state index contributed by atoms with van der Waals surface area (Å²) < 4.78 is 17.7. The first-order valence-electron chi connectivity index (χ1n) is 6.49. The third-order valence-electron chi connectivity index (χ3n) is 2.91. The lowest BCUT2D eigenvalue weighted by atomic mass is 10.2. The number of hydrogen-bond acceptors (Lipinski definition) is 5. The zero-order valence-electron chi connectivity index (χ0n) is 11.4. The van der Waals surface area contributed by atoms with Gasteiger partial charge in [0.2, 0.25) is 5.82 Å². The Kier molecular flexibility index (Phi) is 3.86. The Morgan fingerprint density at radius 3 is 2.77 bits per heavy atom. The third kappa shape index (κ3) is 3.14. The first-order chi connectivity index (χ1) is 10.7. The van der Waals surface area contributed by atoms with Crippen molar-refractivity contribution in [1.29, 1.82) is 0 Å². The van der Waals surface area contributed by atoms with Crippen molar-refractivity contribution < 1.29 is 13.7 Å². The fourth-order valence-electron chi connectivity index (χ4n) is 1.79. The number of halogens is 1. The topological polar surface area (TPSA) is 80.9 Å². The van der Waals surface area contributed by atoms with Gasteiger partial charge in [0.15, 0.2) is 0 Å². The number of carbonyl (C=O) groups is 1. The van der Waals surface area contributed by atoms with Gasteiger partial charge >= 0.3 is 11.8 Å². The summed E-state index contributed by atoms with van der Waals surface area (Å²) >= 11 is 0. The number of rotatable bonds is 4. The summed E-state index contributed by atoms with van der Waals surface area (Å²) in [6, 6.07) is 9.33. The average molecular weight is 298 g/mol. The lowest BCUT2D eigenvalue weighted by molar-refractivity contribution is 0.0907. The maximum absolute atomic E-state index is 12.8. The smallest absolute Gasteiger partial charge is 0.316 e. The van der Waals surface area contributed by atoms with Gasteiger partial charge in [0.1, 0.15) is 5.82 Å². The van der Waals surface area contributed by atoms with Gasteiger partial charge in [-0.2, -0.15) is 4.98 Å². The number of nitrogens with zero attached hydrogens (tertiary/aromatic N) is 3. The van der Waals surface area contributed by atoms with E-state index in [9.17, 15) is 9.18 Å². The summed E-state index contributed by atoms with van der Waals surface area (Å²) in [7, 11) is 0. The lowest BCUT2D eigenvalue weighted by Gasteiger charge is -2.01. The van der Waals surface area contributed by atoms with Crippen LogP contribution in [0.25, 0.3) is 11.4 Å². The Morgan fingerprint density at radius 2 is 2.05 bits per heavy atom. The van der Waals surface area contributed by atoms with Crippen molar-refractivity contribution in [2.45, 2.75) is 6.54 Å². The van der Waals surface area contributed by atoms with Crippen molar-refractivity contribution >= 4 is 5.91 Å². The maximum Gasteiger partial charge on any atom is 0.316 e. The molecule has 0 aliphatic rings. The summed E-state index contributed by atoms with van der Waals surface area (Å²) in [6.45, 7) is 0.240. The second kappa shape index (κ2) is 6.13. The fraction of sp³-hybridized carbons (Fsp3) is 0.0667. The normalized spacial score (nSPS) is 10.4. The molecule has 0 aliphatic carbocycles. The predicted molar refractivity (Wildman–Crippen MR) is 75.1 cm³/mol. The first-order valence-corrected chi connectivity index (χ1v) is 6.49. The van der Waals surface area contributed by atoms with Crippen LogP contribution in [0.3, 0.4) is 0 Å². The van der Waals surface area contributed by atoms with E-state index in [2.05, 4.69) is 20.4 Å². The number of aromatic nitrogens is 3. The van der Waals surface area contributed by atoms with E-state index in [4.69, 9.17) is 4.52 Å². The molecule has 7 heteroatoms. The van der Waals surface area contributed by atoms with Gasteiger partial charge < -0.3 is 9.84 Å². The Balaban J connectivity index is 1.66. The highest BCUT2D eigenvalue weighted by molar-refractivity contribution is 5.89. The minimum Gasteiger partial charge on any atom is -0.344 e. The summed E-state index contributed by atoms with van der Waals surface area (Å²) in [5, 5.41) is 6.36. The molecule has 22 heavy (non-hydrogen) atoms. The van der Waals surface area contributed by atoms with Gasteiger partial charge in [-0.25, -0.2) is 4.39 Å². The van der Waals surface area contributed by atoms with Gasteiger partial charge in [0.25, 0.3) is 0 Å². The second-order valence-corrected chi connectivity index (χ2v) is 4.47. The molecule has 6 nitrogen and oxygen atoms in total. The van der Waals surface area contributed by atoms with Crippen LogP contribution in [0.4, 0.5) is 4.39 Å². The van der Waals surface area contributed by atoms with Crippen molar-refractivity contribution in [3.05, 3.63) is 66.1 Å². The van der Waals surface area contributed by atoms with Crippen LogP contribution in [0.15, 0.2) is 53.3 Å². The van der Waals surface area contributed by atoms with E-state index in [0.717, 1.165) is 5.56 Å². The predicted octanol–water partition coefficient (Wildman–Crippen LogP) is 2.20. The Hall–Kier alpha value is -3.09. The van der Waals surface area contributed by atoms with Gasteiger partial charge in [-0.15, -0.1) is 0 Å². The second-order valence-electron chi connectivity index (χ2n) is 4.47. The Labute approximate surface area is 125 Å². The number of amides is 1. The highest BCUT2D eigenvalue weighted by Gasteiger charge is 2.15. The van der Waals surface area contributed by atoms with Crippen molar-refractivity contribution in [2.24, 2.45) is 0 Å². The van der Waals surface area contributed by atoms with Crippen molar-refractivity contribution in [1.82, 2.24) is 20.4 Å². The summed E-state index contributed by atoms with van der Waals surface area (Å²) in [5.74, 6) is -0.666. The molecule has 0 spiro atoms. The van der Waals surface area contributed by atoms with Crippen LogP contribution >= 0.6 is 0 Å². The molecule has 3 aromatic rings. The van der Waals surface area contributed by atoms with Crippen molar-refractivity contribution in [2.75, 3.05) is 0 Å². The van der Waals surface area contributed by atoms with E-state index < -0.39 is 5.91 Å². The van der Waals surface area contributed by atoms with Crippen LogP contribution in [-0.2, 0) is 6.54 Å². The molecule has 0 bridgehead atoms. The highest BCUT2D eigenvalue weighted by atomic mass is 19.1. The van der Waals surface area contributed by atoms with Crippen LogP contribution in [0, 0.1) is 5.82 Å². The van der Waals surface area contributed by atoms with Gasteiger partial charge in [0.05, 0.1) is 0 Å². The SMILES string of the molecule is O=C(NCc1ccc(F)cc1)c1nc(-c2cccnc2)no1. The summed E-state index contributed by atoms with van der Waals surface area (Å²) in [4.78, 5) is 19.9. The molecule has 0 radical (unpaired) electrons. The van der Waals surface area contributed by atoms with Crippen LogP contribution in [0.5, 0.6) is 0 Å². The van der Waals surface area contributed by atoms with E-state index in [1.807, 2.05) is 0 Å². The molecule has 110 valence electrons. The molecule has 0 saturated heterocycles. The zero-order valence-corrected chi connectivity index (χ0v) is 11.4. The molecule has 1 N–H and O–H groups in total. The molecule has 1 amide bonds. The molecular weight excluding hydrogens is 287 g/mol. The number of hydrogen-bond donors (Lipinski definition) is 1. The lowest BCUT2D eigenvalue weighted by Crippen LogP contribution is -2.23. The van der Waals surface area contributed by atoms with E-state index in [1.54, 1.807) is 36.7 Å². The maximum atomic E-state index is 12.8. The van der Waals surface area contributed by atoms with Gasteiger partial charge in [-0.05, 0) is 29.8 Å². The molecule has 0 atom stereocenters. The largest absolute Gasteiger partial charge is 0.344 e. The molecule has 0 saturated carbocycles.